The number of fused-ring (bicyclic) bond motifs is 5. The first kappa shape index (κ1) is 15.7. The summed E-state index contributed by atoms with van der Waals surface area (Å²) in [6.45, 7) is 7.26. The molecule has 1 N–H and O–H groups in total. The van der Waals surface area contributed by atoms with Crippen molar-refractivity contribution in [1.82, 2.24) is 0 Å². The topological polar surface area (TPSA) is 29.5 Å². The molecule has 3 aliphatic rings. The second-order valence-corrected chi connectivity index (χ2v) is 5.45. The summed E-state index contributed by atoms with van der Waals surface area (Å²) in [5, 5.41) is 8.33. The van der Waals surface area contributed by atoms with E-state index in [0.29, 0.717) is 0 Å². The molecule has 3 rings (SSSR count). The Hall–Kier alpha value is -0.340. The van der Waals surface area contributed by atoms with E-state index in [1.54, 1.807) is 38.5 Å². The van der Waals surface area contributed by atoms with Crippen LogP contribution in [0.5, 0.6) is 0 Å². The first-order valence-electron chi connectivity index (χ1n) is 7.59. The second kappa shape index (κ2) is 7.96. The molecule has 0 amide bonds. The lowest BCUT2D eigenvalue weighted by Crippen LogP contribution is -2.15. The van der Waals surface area contributed by atoms with E-state index in [0.717, 1.165) is 0 Å². The molecule has 5 unspecified atom stereocenters. The predicted molar refractivity (Wildman–Crippen MR) is 76.2 cm³/mol. The smallest absolute Gasteiger partial charge is 0.173 e. The summed E-state index contributed by atoms with van der Waals surface area (Å²) in [6, 6.07) is 0. The first-order chi connectivity index (χ1) is 8.76. The zero-order chi connectivity index (χ0) is 13.5. The monoisotopic (exact) mass is 254 g/mol. The zero-order valence-electron chi connectivity index (χ0n) is 12.3. The summed E-state index contributed by atoms with van der Waals surface area (Å²) >= 11 is 0. The van der Waals surface area contributed by atoms with Crippen molar-refractivity contribution in [1.29, 1.82) is 0 Å². The van der Waals surface area contributed by atoms with Crippen LogP contribution >= 0.6 is 0 Å². The lowest BCUT2D eigenvalue weighted by atomic mass is 9.82. The van der Waals surface area contributed by atoms with Gasteiger partial charge in [-0.05, 0) is 61.9 Å². The van der Waals surface area contributed by atoms with E-state index in [1.807, 2.05) is 13.8 Å². The molecule has 0 aliphatic heterocycles. The fourth-order valence-corrected chi connectivity index (χ4v) is 4.11. The molecular formula is C16H30O2. The van der Waals surface area contributed by atoms with Crippen LogP contribution in [-0.2, 0) is 4.74 Å². The molecular weight excluding hydrogens is 224 g/mol. The Labute approximate surface area is 112 Å². The minimum absolute atomic E-state index is 0.801. The van der Waals surface area contributed by atoms with Gasteiger partial charge in [0.1, 0.15) is 0 Å². The largest absolute Gasteiger partial charge is 0.365 e. The van der Waals surface area contributed by atoms with E-state index in [9.17, 15) is 0 Å². The first-order valence-corrected chi connectivity index (χ1v) is 7.59. The van der Waals surface area contributed by atoms with Crippen molar-refractivity contribution in [3.05, 3.63) is 12.7 Å². The molecule has 0 aromatic rings. The third-order valence-electron chi connectivity index (χ3n) is 4.79. The summed E-state index contributed by atoms with van der Waals surface area (Å²) in [6.07, 6.45) is 10.0. The van der Waals surface area contributed by atoms with E-state index in [-0.39, 0.29) is 0 Å². The van der Waals surface area contributed by atoms with E-state index in [1.165, 1.54) is 36.9 Å². The van der Waals surface area contributed by atoms with Crippen molar-refractivity contribution in [2.24, 2.45) is 23.7 Å². The summed E-state index contributed by atoms with van der Waals surface area (Å²) in [5.74, 6) is 4.80. The van der Waals surface area contributed by atoms with Crippen LogP contribution in [-0.4, -0.2) is 18.5 Å². The third kappa shape index (κ3) is 3.58. The Morgan fingerprint density at radius 3 is 1.94 bits per heavy atom. The van der Waals surface area contributed by atoms with E-state index < -0.39 is 6.29 Å². The number of ether oxygens (including phenoxy) is 1. The van der Waals surface area contributed by atoms with Crippen LogP contribution in [0.15, 0.2) is 12.7 Å². The van der Waals surface area contributed by atoms with Crippen LogP contribution in [0.4, 0.5) is 0 Å². The van der Waals surface area contributed by atoms with Crippen LogP contribution in [0.25, 0.3) is 0 Å². The molecule has 0 aromatic heterocycles. The molecule has 2 bridgehead atoms. The Morgan fingerprint density at radius 1 is 1.11 bits per heavy atom. The normalized spacial score (nSPS) is 36.9. The van der Waals surface area contributed by atoms with Crippen molar-refractivity contribution in [2.75, 3.05) is 7.11 Å². The Balaban J connectivity index is 0.000000178. The summed E-state index contributed by atoms with van der Waals surface area (Å²) in [5.41, 5.74) is 0. The van der Waals surface area contributed by atoms with Crippen molar-refractivity contribution < 1.29 is 9.84 Å². The number of rotatable bonds is 2. The molecule has 106 valence electrons. The van der Waals surface area contributed by atoms with Gasteiger partial charge in [-0.25, -0.2) is 0 Å². The average molecular weight is 254 g/mol. The zero-order valence-corrected chi connectivity index (χ0v) is 12.3. The van der Waals surface area contributed by atoms with Crippen molar-refractivity contribution >= 4 is 0 Å². The molecule has 3 aliphatic carbocycles. The molecule has 5 atom stereocenters. The summed E-state index contributed by atoms with van der Waals surface area (Å²) < 4.78 is 4.34. The van der Waals surface area contributed by atoms with E-state index >= 15 is 0 Å². The maximum atomic E-state index is 8.33. The molecule has 2 nitrogen and oxygen atoms in total. The van der Waals surface area contributed by atoms with Crippen LogP contribution < -0.4 is 0 Å². The highest BCUT2D eigenvalue weighted by Gasteiger charge is 2.48. The minimum Gasteiger partial charge on any atom is -0.365 e. The number of hydrogen-bond acceptors (Lipinski definition) is 2. The van der Waals surface area contributed by atoms with Gasteiger partial charge in [-0.2, -0.15) is 0 Å². The predicted octanol–water partition coefficient (Wildman–Crippen LogP) is 4.00. The van der Waals surface area contributed by atoms with Gasteiger partial charge < -0.3 is 9.84 Å². The SMILES string of the molecule is C1CC2C3CCC(C3)C2C1.C=CC(O)OC.CC. The van der Waals surface area contributed by atoms with Gasteiger partial charge in [-0.15, -0.1) is 0 Å². The molecule has 0 radical (unpaired) electrons. The van der Waals surface area contributed by atoms with Crippen molar-refractivity contribution in [3.8, 4) is 0 Å². The second-order valence-electron chi connectivity index (χ2n) is 5.45. The number of aliphatic hydroxyl groups excluding tert-OH is 1. The van der Waals surface area contributed by atoms with Crippen LogP contribution in [0.2, 0.25) is 0 Å². The van der Waals surface area contributed by atoms with E-state index in [4.69, 9.17) is 5.11 Å². The molecule has 3 fully saturated rings. The maximum absolute atomic E-state index is 8.33. The van der Waals surface area contributed by atoms with E-state index in [2.05, 4.69) is 11.3 Å². The van der Waals surface area contributed by atoms with Gasteiger partial charge in [-0.1, -0.05) is 26.8 Å². The Bertz CT molecular complexity index is 223. The van der Waals surface area contributed by atoms with Crippen LogP contribution in [0.1, 0.15) is 52.4 Å². The van der Waals surface area contributed by atoms with Gasteiger partial charge in [0.15, 0.2) is 6.29 Å². The van der Waals surface area contributed by atoms with Gasteiger partial charge in [0, 0.05) is 7.11 Å². The molecule has 0 spiro atoms. The molecule has 0 saturated heterocycles. The van der Waals surface area contributed by atoms with Crippen molar-refractivity contribution in [3.63, 3.8) is 0 Å². The number of aliphatic hydroxyl groups is 1. The molecule has 2 heteroatoms. The Kier molecular flexibility index (Phi) is 6.95. The summed E-state index contributed by atoms with van der Waals surface area (Å²) in [7, 11) is 1.41. The summed E-state index contributed by atoms with van der Waals surface area (Å²) in [4.78, 5) is 0. The molecule has 3 saturated carbocycles. The fraction of sp³-hybridized carbons (Fsp3) is 0.875. The van der Waals surface area contributed by atoms with Gasteiger partial charge in [0.25, 0.3) is 0 Å². The fourth-order valence-electron chi connectivity index (χ4n) is 4.11. The van der Waals surface area contributed by atoms with Gasteiger partial charge >= 0.3 is 0 Å². The quantitative estimate of drug-likeness (QED) is 0.596. The highest BCUT2D eigenvalue weighted by molar-refractivity contribution is 4.98. The molecule has 18 heavy (non-hydrogen) atoms. The van der Waals surface area contributed by atoms with Gasteiger partial charge in [0.2, 0.25) is 0 Å². The molecule has 0 aromatic carbocycles. The van der Waals surface area contributed by atoms with Crippen LogP contribution in [0.3, 0.4) is 0 Å². The number of methoxy groups -OCH3 is 1. The standard InChI is InChI=1S/C10H16.C4H8O2.C2H6/c1-2-9-7-4-5-8(6-7)10(9)3-1;1-3-4(5)6-2;1-2/h7-10H,1-6H2;3-5H,1H2,2H3;1-2H3. The maximum Gasteiger partial charge on any atom is 0.173 e. The van der Waals surface area contributed by atoms with Gasteiger partial charge in [0.05, 0.1) is 0 Å². The van der Waals surface area contributed by atoms with Gasteiger partial charge in [-0.3, -0.25) is 0 Å². The highest BCUT2D eigenvalue weighted by atomic mass is 16.6. The lowest BCUT2D eigenvalue weighted by molar-refractivity contribution is -0.0353. The minimum atomic E-state index is -0.801. The number of hydrogen-bond donors (Lipinski definition) is 1. The van der Waals surface area contributed by atoms with Crippen LogP contribution in [0, 0.1) is 23.7 Å². The lowest BCUT2D eigenvalue weighted by Gasteiger charge is -2.23. The Morgan fingerprint density at radius 2 is 1.61 bits per heavy atom. The van der Waals surface area contributed by atoms with Crippen molar-refractivity contribution in [2.45, 2.75) is 58.7 Å². The average Bonchev–Trinajstić information content (AvgIpc) is 3.13. The highest BCUT2D eigenvalue weighted by Crippen LogP contribution is 2.58. The third-order valence-corrected chi connectivity index (χ3v) is 4.79. The molecule has 0 heterocycles.